The Morgan fingerprint density at radius 1 is 1.40 bits per heavy atom. The fraction of sp³-hybridized carbons (Fsp3) is 0.154. The molecule has 1 aromatic carbocycles. The lowest BCUT2D eigenvalue weighted by Gasteiger charge is -2.13. The number of allylic oxidation sites excluding steroid dienone is 1. The molecule has 0 bridgehead atoms. The summed E-state index contributed by atoms with van der Waals surface area (Å²) in [5, 5.41) is 0. The van der Waals surface area contributed by atoms with E-state index in [0.717, 1.165) is 5.56 Å². The van der Waals surface area contributed by atoms with E-state index in [4.69, 9.17) is 0 Å². The zero-order valence-electron chi connectivity index (χ0n) is 8.77. The largest absolute Gasteiger partial charge is 0.466 e. The van der Waals surface area contributed by atoms with Crippen LogP contribution in [-0.2, 0) is 9.53 Å². The molecule has 0 aliphatic carbocycles. The number of rotatable bonds is 4. The highest BCUT2D eigenvalue weighted by Gasteiger charge is 2.17. The second-order valence-corrected chi connectivity index (χ2v) is 3.14. The molecular formula is C13H14O2. The zero-order valence-corrected chi connectivity index (χ0v) is 8.77. The minimum Gasteiger partial charge on any atom is -0.466 e. The van der Waals surface area contributed by atoms with Crippen LogP contribution in [0.1, 0.15) is 11.5 Å². The summed E-state index contributed by atoms with van der Waals surface area (Å²) in [5.41, 5.74) is 1.39. The number of carbonyl (C=O) groups excluding carboxylic acids is 1. The predicted octanol–water partition coefficient (Wildman–Crippen LogP) is 2.69. The van der Waals surface area contributed by atoms with Crippen molar-refractivity contribution < 1.29 is 9.53 Å². The summed E-state index contributed by atoms with van der Waals surface area (Å²) in [6.45, 7) is 7.43. The topological polar surface area (TPSA) is 26.3 Å². The van der Waals surface area contributed by atoms with Gasteiger partial charge in [0.05, 0.1) is 7.11 Å². The third-order valence-corrected chi connectivity index (χ3v) is 2.22. The summed E-state index contributed by atoms with van der Waals surface area (Å²) >= 11 is 0. The first-order valence-corrected chi connectivity index (χ1v) is 4.65. The molecule has 0 aliphatic heterocycles. The average Bonchev–Trinajstić information content (AvgIpc) is 2.30. The van der Waals surface area contributed by atoms with E-state index in [1.807, 2.05) is 30.3 Å². The van der Waals surface area contributed by atoms with Crippen LogP contribution in [0.15, 0.2) is 55.1 Å². The lowest BCUT2D eigenvalue weighted by molar-refractivity contribution is -0.136. The van der Waals surface area contributed by atoms with Crippen molar-refractivity contribution in [2.75, 3.05) is 7.11 Å². The molecule has 0 unspecified atom stereocenters. The van der Waals surface area contributed by atoms with Gasteiger partial charge in [0.1, 0.15) is 0 Å². The molecule has 0 aromatic heterocycles. The minimum absolute atomic E-state index is 0.182. The van der Waals surface area contributed by atoms with Crippen molar-refractivity contribution in [3.63, 3.8) is 0 Å². The highest BCUT2D eigenvalue weighted by atomic mass is 16.5. The second-order valence-electron chi connectivity index (χ2n) is 3.14. The molecule has 0 spiro atoms. The van der Waals surface area contributed by atoms with E-state index in [2.05, 4.69) is 17.9 Å². The van der Waals surface area contributed by atoms with Gasteiger partial charge in [0, 0.05) is 11.5 Å². The summed E-state index contributed by atoms with van der Waals surface area (Å²) in [5.74, 6) is -0.581. The summed E-state index contributed by atoms with van der Waals surface area (Å²) in [6, 6.07) is 9.61. The van der Waals surface area contributed by atoms with Gasteiger partial charge in [-0.3, -0.25) is 0 Å². The van der Waals surface area contributed by atoms with Crippen molar-refractivity contribution in [3.8, 4) is 0 Å². The van der Waals surface area contributed by atoms with Gasteiger partial charge in [-0.05, 0) is 5.56 Å². The zero-order chi connectivity index (χ0) is 11.3. The van der Waals surface area contributed by atoms with Gasteiger partial charge in [-0.25, -0.2) is 4.79 Å². The van der Waals surface area contributed by atoms with E-state index in [1.165, 1.54) is 7.11 Å². The molecule has 15 heavy (non-hydrogen) atoms. The van der Waals surface area contributed by atoms with Gasteiger partial charge >= 0.3 is 5.97 Å². The standard InChI is InChI=1S/C13H14O2/c1-4-12(10(2)13(14)15-3)11-8-6-5-7-9-11/h4-9,12H,1-2H2,3H3/t12-/m1/s1. The highest BCUT2D eigenvalue weighted by molar-refractivity contribution is 5.89. The smallest absolute Gasteiger partial charge is 0.334 e. The number of hydrogen-bond acceptors (Lipinski definition) is 2. The van der Waals surface area contributed by atoms with Crippen molar-refractivity contribution in [1.82, 2.24) is 0 Å². The van der Waals surface area contributed by atoms with Crippen LogP contribution < -0.4 is 0 Å². The molecule has 0 N–H and O–H groups in total. The van der Waals surface area contributed by atoms with Crippen LogP contribution in [0, 0.1) is 0 Å². The number of hydrogen-bond donors (Lipinski definition) is 0. The molecule has 0 saturated carbocycles. The Balaban J connectivity index is 2.95. The van der Waals surface area contributed by atoms with E-state index < -0.39 is 5.97 Å². The number of methoxy groups -OCH3 is 1. The van der Waals surface area contributed by atoms with Crippen LogP contribution >= 0.6 is 0 Å². The molecule has 0 saturated heterocycles. The third kappa shape index (κ3) is 2.56. The predicted molar refractivity (Wildman–Crippen MR) is 60.5 cm³/mol. The molecule has 0 radical (unpaired) electrons. The normalized spacial score (nSPS) is 11.5. The van der Waals surface area contributed by atoms with E-state index >= 15 is 0 Å². The van der Waals surface area contributed by atoms with Gasteiger partial charge in [0.15, 0.2) is 0 Å². The van der Waals surface area contributed by atoms with Crippen molar-refractivity contribution in [3.05, 3.63) is 60.7 Å². The van der Waals surface area contributed by atoms with Crippen LogP contribution in [0.3, 0.4) is 0 Å². The summed E-state index contributed by atoms with van der Waals surface area (Å²) in [4.78, 5) is 11.3. The molecule has 0 fully saturated rings. The third-order valence-electron chi connectivity index (χ3n) is 2.22. The van der Waals surface area contributed by atoms with Crippen molar-refractivity contribution in [2.24, 2.45) is 0 Å². The molecule has 1 aromatic rings. The second kappa shape index (κ2) is 5.15. The maximum Gasteiger partial charge on any atom is 0.334 e. The van der Waals surface area contributed by atoms with Crippen LogP contribution in [0.2, 0.25) is 0 Å². The van der Waals surface area contributed by atoms with Gasteiger partial charge < -0.3 is 4.74 Å². The maximum atomic E-state index is 11.3. The van der Waals surface area contributed by atoms with Gasteiger partial charge in [-0.1, -0.05) is 43.0 Å². The Morgan fingerprint density at radius 2 is 2.00 bits per heavy atom. The van der Waals surface area contributed by atoms with E-state index in [-0.39, 0.29) is 5.92 Å². The SMILES string of the molecule is C=C[C@H](C(=C)C(=O)OC)c1ccccc1. The Bertz CT molecular complexity index is 365. The lowest BCUT2D eigenvalue weighted by Crippen LogP contribution is -2.10. The Morgan fingerprint density at radius 3 is 2.47 bits per heavy atom. The quantitative estimate of drug-likeness (QED) is 0.426. The number of ether oxygens (including phenoxy) is 1. The van der Waals surface area contributed by atoms with Crippen LogP contribution in [-0.4, -0.2) is 13.1 Å². The first kappa shape index (κ1) is 11.2. The lowest BCUT2D eigenvalue weighted by atomic mass is 9.92. The molecule has 2 nitrogen and oxygen atoms in total. The van der Waals surface area contributed by atoms with Gasteiger partial charge in [0.25, 0.3) is 0 Å². The average molecular weight is 202 g/mol. The summed E-state index contributed by atoms with van der Waals surface area (Å²) in [7, 11) is 1.35. The van der Waals surface area contributed by atoms with Crippen LogP contribution in [0.25, 0.3) is 0 Å². The summed E-state index contributed by atoms with van der Waals surface area (Å²) < 4.78 is 4.63. The van der Waals surface area contributed by atoms with E-state index in [1.54, 1.807) is 6.08 Å². The number of esters is 1. The molecule has 0 heterocycles. The molecule has 0 amide bonds. The number of carbonyl (C=O) groups is 1. The fourth-order valence-electron chi connectivity index (χ4n) is 1.40. The van der Waals surface area contributed by atoms with Crippen molar-refractivity contribution >= 4 is 5.97 Å². The molecule has 0 aliphatic rings. The molecule has 1 rings (SSSR count). The van der Waals surface area contributed by atoms with Crippen molar-refractivity contribution in [2.45, 2.75) is 5.92 Å². The maximum absolute atomic E-state index is 11.3. The Hall–Kier alpha value is -1.83. The minimum atomic E-state index is -0.399. The fourth-order valence-corrected chi connectivity index (χ4v) is 1.40. The van der Waals surface area contributed by atoms with Gasteiger partial charge in [-0.15, -0.1) is 6.58 Å². The van der Waals surface area contributed by atoms with Gasteiger partial charge in [0.2, 0.25) is 0 Å². The first-order chi connectivity index (χ1) is 7.20. The summed E-state index contributed by atoms with van der Waals surface area (Å²) in [6.07, 6.45) is 1.69. The molecule has 78 valence electrons. The number of benzene rings is 1. The van der Waals surface area contributed by atoms with E-state index in [0.29, 0.717) is 5.57 Å². The Kier molecular flexibility index (Phi) is 3.86. The van der Waals surface area contributed by atoms with E-state index in [9.17, 15) is 4.79 Å². The molecular weight excluding hydrogens is 188 g/mol. The van der Waals surface area contributed by atoms with Crippen LogP contribution in [0.5, 0.6) is 0 Å². The Labute approximate surface area is 89.9 Å². The van der Waals surface area contributed by atoms with Crippen LogP contribution in [0.4, 0.5) is 0 Å². The van der Waals surface area contributed by atoms with Crippen molar-refractivity contribution in [1.29, 1.82) is 0 Å². The molecule has 2 heteroatoms. The highest BCUT2D eigenvalue weighted by Crippen LogP contribution is 2.24. The monoisotopic (exact) mass is 202 g/mol. The van der Waals surface area contributed by atoms with Gasteiger partial charge in [-0.2, -0.15) is 0 Å². The first-order valence-electron chi connectivity index (χ1n) is 4.65. The molecule has 1 atom stereocenters.